The minimum Gasteiger partial charge on any atom is -0.329 e. The summed E-state index contributed by atoms with van der Waals surface area (Å²) < 4.78 is 55.8. The molecular weight excluding hydrogens is 268 g/mol. The third kappa shape index (κ3) is 3.97. The second kappa shape index (κ2) is 5.00. The van der Waals surface area contributed by atoms with E-state index >= 15 is 0 Å². The molecule has 0 amide bonds. The molecule has 0 aromatic heterocycles. The Kier molecular flexibility index (Phi) is 4.09. The molecule has 1 rings (SSSR count). The Hall–Kier alpha value is -1.16. The van der Waals surface area contributed by atoms with Crippen molar-refractivity contribution in [2.45, 2.75) is 4.90 Å². The first-order chi connectivity index (χ1) is 7.76. The van der Waals surface area contributed by atoms with E-state index in [0.717, 1.165) is 6.07 Å². The van der Waals surface area contributed by atoms with Crippen molar-refractivity contribution in [3.8, 4) is 0 Å². The largest absolute Gasteiger partial charge is 0.329 e. The van der Waals surface area contributed by atoms with Crippen molar-refractivity contribution in [2.24, 2.45) is 5.73 Å². The van der Waals surface area contributed by atoms with Crippen LogP contribution in [0.5, 0.6) is 0 Å². The number of hydrogen-bond acceptors (Lipinski definition) is 5. The zero-order valence-corrected chi connectivity index (χ0v) is 10.3. The van der Waals surface area contributed by atoms with Crippen LogP contribution in [0.2, 0.25) is 0 Å². The molecular formula is C8H12N2O5S2. The molecule has 0 fully saturated rings. The second-order valence-corrected chi connectivity index (χ2v) is 6.41. The van der Waals surface area contributed by atoms with Crippen molar-refractivity contribution in [2.75, 3.05) is 17.0 Å². The topological polar surface area (TPSA) is 127 Å². The van der Waals surface area contributed by atoms with E-state index in [2.05, 4.69) is 0 Å². The van der Waals surface area contributed by atoms with Crippen LogP contribution < -0.4 is 10.5 Å². The summed E-state index contributed by atoms with van der Waals surface area (Å²) in [5, 5.41) is 0. The molecule has 4 N–H and O–H groups in total. The minimum atomic E-state index is -4.48. The van der Waals surface area contributed by atoms with Crippen LogP contribution in [0.25, 0.3) is 0 Å². The average molecular weight is 280 g/mol. The quantitative estimate of drug-likeness (QED) is 0.632. The van der Waals surface area contributed by atoms with E-state index in [1.54, 1.807) is 0 Å². The Morgan fingerprint density at radius 2 is 1.76 bits per heavy atom. The number of para-hydroxylation sites is 1. The highest BCUT2D eigenvalue weighted by Gasteiger charge is 2.18. The molecule has 0 spiro atoms. The number of nitrogens with one attached hydrogen (secondary N) is 1. The van der Waals surface area contributed by atoms with Crippen molar-refractivity contribution in [3.05, 3.63) is 24.3 Å². The van der Waals surface area contributed by atoms with Gasteiger partial charge in [0.15, 0.2) is 0 Å². The predicted octanol–water partition coefficient (Wildman–Crippen LogP) is -0.366. The summed E-state index contributed by atoms with van der Waals surface area (Å²) in [5.41, 5.74) is 4.90. The van der Waals surface area contributed by atoms with Gasteiger partial charge in [-0.3, -0.25) is 9.27 Å². The highest BCUT2D eigenvalue weighted by molar-refractivity contribution is 7.92. The molecule has 1 aromatic carbocycles. The maximum absolute atomic E-state index is 11.4. The van der Waals surface area contributed by atoms with Gasteiger partial charge in [0.25, 0.3) is 10.1 Å². The summed E-state index contributed by atoms with van der Waals surface area (Å²) in [6, 6.07) is 5.13. The summed E-state index contributed by atoms with van der Waals surface area (Å²) >= 11 is 0. The van der Waals surface area contributed by atoms with Crippen molar-refractivity contribution >= 4 is 25.8 Å². The van der Waals surface area contributed by atoms with Crippen molar-refractivity contribution < 1.29 is 21.4 Å². The smallest absolute Gasteiger partial charge is 0.296 e. The van der Waals surface area contributed by atoms with Crippen LogP contribution in [0.4, 0.5) is 5.69 Å². The molecule has 7 nitrogen and oxygen atoms in total. The van der Waals surface area contributed by atoms with Gasteiger partial charge in [0.2, 0.25) is 10.0 Å². The molecule has 0 saturated heterocycles. The van der Waals surface area contributed by atoms with Crippen LogP contribution in [-0.2, 0) is 20.1 Å². The maximum atomic E-state index is 11.4. The lowest BCUT2D eigenvalue weighted by Crippen LogP contribution is -2.23. The van der Waals surface area contributed by atoms with E-state index in [0.29, 0.717) is 0 Å². The standard InChI is InChI=1S/C8H12N2O5S2/c9-5-6-16(11,12)10-7-3-1-2-4-8(7)17(13,14)15/h1-4,10H,5-6,9H2,(H,13,14,15). The lowest BCUT2D eigenvalue weighted by Gasteiger charge is -2.09. The molecule has 0 atom stereocenters. The molecule has 0 unspecified atom stereocenters. The Morgan fingerprint density at radius 3 is 2.29 bits per heavy atom. The normalized spacial score (nSPS) is 12.4. The number of benzene rings is 1. The molecule has 0 saturated carbocycles. The Labute approximate surface area is 99.4 Å². The van der Waals surface area contributed by atoms with E-state index < -0.39 is 25.0 Å². The first-order valence-corrected chi connectivity index (χ1v) is 7.62. The fourth-order valence-corrected chi connectivity index (χ4v) is 2.79. The molecule has 0 radical (unpaired) electrons. The summed E-state index contributed by atoms with van der Waals surface area (Å²) in [6.07, 6.45) is 0. The molecule has 17 heavy (non-hydrogen) atoms. The number of sulfonamides is 1. The fourth-order valence-electron chi connectivity index (χ4n) is 1.15. The van der Waals surface area contributed by atoms with Gasteiger partial charge >= 0.3 is 0 Å². The van der Waals surface area contributed by atoms with Crippen LogP contribution >= 0.6 is 0 Å². The van der Waals surface area contributed by atoms with Crippen LogP contribution in [-0.4, -0.2) is 33.7 Å². The first kappa shape index (κ1) is 13.9. The third-order valence-electron chi connectivity index (χ3n) is 1.82. The molecule has 0 aliphatic carbocycles. The van der Waals surface area contributed by atoms with Gasteiger partial charge in [0.05, 0.1) is 11.4 Å². The van der Waals surface area contributed by atoms with Gasteiger partial charge in [0, 0.05) is 6.54 Å². The SMILES string of the molecule is NCCS(=O)(=O)Nc1ccccc1S(=O)(=O)O. The number of rotatable bonds is 5. The summed E-state index contributed by atoms with van der Waals surface area (Å²) in [6.45, 7) is -0.0939. The van der Waals surface area contributed by atoms with Crippen molar-refractivity contribution in [3.63, 3.8) is 0 Å². The molecule has 9 heteroatoms. The van der Waals surface area contributed by atoms with Gasteiger partial charge < -0.3 is 5.73 Å². The van der Waals surface area contributed by atoms with Gasteiger partial charge in [-0.1, -0.05) is 12.1 Å². The van der Waals surface area contributed by atoms with Crippen molar-refractivity contribution in [1.82, 2.24) is 0 Å². The van der Waals surface area contributed by atoms with Gasteiger partial charge in [-0.2, -0.15) is 8.42 Å². The monoisotopic (exact) mass is 280 g/mol. The van der Waals surface area contributed by atoms with Crippen LogP contribution in [0.15, 0.2) is 29.2 Å². The van der Waals surface area contributed by atoms with Crippen molar-refractivity contribution in [1.29, 1.82) is 0 Å². The van der Waals surface area contributed by atoms with Gasteiger partial charge in [-0.15, -0.1) is 0 Å². The first-order valence-electron chi connectivity index (χ1n) is 4.53. The Bertz CT molecular complexity index is 594. The summed E-state index contributed by atoms with van der Waals surface area (Å²) in [4.78, 5) is -0.499. The molecule has 0 aliphatic rings. The molecule has 0 heterocycles. The lowest BCUT2D eigenvalue weighted by atomic mass is 10.3. The zero-order chi connectivity index (χ0) is 13.1. The van der Waals surface area contributed by atoms with E-state index in [-0.39, 0.29) is 18.0 Å². The summed E-state index contributed by atoms with van der Waals surface area (Å²) in [5.74, 6) is -0.340. The molecule has 1 aromatic rings. The maximum Gasteiger partial charge on any atom is 0.296 e. The van der Waals surface area contributed by atoms with Gasteiger partial charge in [-0.05, 0) is 12.1 Å². The second-order valence-electron chi connectivity index (χ2n) is 3.18. The van der Waals surface area contributed by atoms with E-state index in [4.69, 9.17) is 10.3 Å². The predicted molar refractivity (Wildman–Crippen MR) is 62.7 cm³/mol. The highest BCUT2D eigenvalue weighted by Crippen LogP contribution is 2.21. The zero-order valence-electron chi connectivity index (χ0n) is 8.70. The van der Waals surface area contributed by atoms with E-state index in [1.165, 1.54) is 18.2 Å². The van der Waals surface area contributed by atoms with Crippen LogP contribution in [0.3, 0.4) is 0 Å². The summed E-state index contributed by atoms with van der Waals surface area (Å²) in [7, 11) is -8.20. The highest BCUT2D eigenvalue weighted by atomic mass is 32.2. The fraction of sp³-hybridized carbons (Fsp3) is 0.250. The van der Waals surface area contributed by atoms with E-state index in [9.17, 15) is 16.8 Å². The Morgan fingerprint density at radius 1 is 1.18 bits per heavy atom. The average Bonchev–Trinajstić information content (AvgIpc) is 2.15. The van der Waals surface area contributed by atoms with Gasteiger partial charge in [0.1, 0.15) is 4.90 Å². The molecule has 0 aliphatic heterocycles. The Balaban J connectivity index is 3.17. The van der Waals surface area contributed by atoms with Crippen LogP contribution in [0, 0.1) is 0 Å². The lowest BCUT2D eigenvalue weighted by molar-refractivity contribution is 0.483. The molecule has 0 bridgehead atoms. The number of nitrogens with two attached hydrogens (primary N) is 1. The minimum absolute atomic E-state index is 0.0939. The third-order valence-corrected chi connectivity index (χ3v) is 4.03. The van der Waals surface area contributed by atoms with Gasteiger partial charge in [-0.25, -0.2) is 8.42 Å². The number of hydrogen-bond donors (Lipinski definition) is 3. The molecule has 96 valence electrons. The number of anilines is 1. The van der Waals surface area contributed by atoms with E-state index in [1.807, 2.05) is 4.72 Å². The van der Waals surface area contributed by atoms with Crippen LogP contribution in [0.1, 0.15) is 0 Å².